The average Bonchev–Trinajstić information content (AvgIpc) is 3.05. The molecule has 1 N–H and O–H groups in total. The molecule has 1 aliphatic rings. The van der Waals surface area contributed by atoms with Crippen LogP contribution < -0.4 is 9.47 Å². The fourth-order valence-electron chi connectivity index (χ4n) is 4.07. The van der Waals surface area contributed by atoms with Crippen molar-refractivity contribution < 1.29 is 24.2 Å². The molecule has 2 aromatic carbocycles. The number of amides is 1. The Kier molecular flexibility index (Phi) is 7.76. The molecule has 1 atom stereocenters. The summed E-state index contributed by atoms with van der Waals surface area (Å²) in [5, 5.41) is 11.2. The minimum atomic E-state index is -0.676. The topological polar surface area (TPSA) is 79.3 Å². The minimum Gasteiger partial charge on any atom is -0.507 e. The van der Waals surface area contributed by atoms with Crippen LogP contribution in [0.5, 0.6) is 11.5 Å². The number of nitrogens with zero attached hydrogens (tertiary/aromatic N) is 2. The first-order chi connectivity index (χ1) is 15.8. The third kappa shape index (κ3) is 5.20. The van der Waals surface area contributed by atoms with Gasteiger partial charge in [0.2, 0.25) is 0 Å². The van der Waals surface area contributed by atoms with E-state index in [4.69, 9.17) is 9.47 Å². The van der Waals surface area contributed by atoms with Gasteiger partial charge in [-0.1, -0.05) is 12.1 Å². The van der Waals surface area contributed by atoms with Crippen molar-refractivity contribution in [3.05, 3.63) is 64.7 Å². The van der Waals surface area contributed by atoms with Crippen molar-refractivity contribution in [1.82, 2.24) is 9.80 Å². The van der Waals surface area contributed by atoms with Gasteiger partial charge in [-0.05, 0) is 82.4 Å². The van der Waals surface area contributed by atoms with Gasteiger partial charge in [0.25, 0.3) is 11.7 Å². The average molecular weight is 453 g/mol. The molecule has 0 bridgehead atoms. The highest BCUT2D eigenvalue weighted by Crippen LogP contribution is 2.40. The molecule has 0 saturated carbocycles. The van der Waals surface area contributed by atoms with Crippen LogP contribution in [0.2, 0.25) is 0 Å². The number of aliphatic hydroxyl groups excluding tert-OH is 1. The fraction of sp³-hybridized carbons (Fsp3) is 0.385. The molecule has 33 heavy (non-hydrogen) atoms. The van der Waals surface area contributed by atoms with Gasteiger partial charge < -0.3 is 24.4 Å². The highest BCUT2D eigenvalue weighted by Gasteiger charge is 2.45. The van der Waals surface area contributed by atoms with E-state index in [2.05, 4.69) is 0 Å². The smallest absolute Gasteiger partial charge is 0.295 e. The van der Waals surface area contributed by atoms with E-state index in [0.717, 1.165) is 17.7 Å². The number of carbonyl (C=O) groups excluding carboxylic acids is 2. The Hall–Kier alpha value is -3.32. The number of rotatable bonds is 9. The number of aryl methyl sites for hydroxylation is 1. The number of ketones is 1. The minimum absolute atomic E-state index is 0.0959. The summed E-state index contributed by atoms with van der Waals surface area (Å²) in [4.78, 5) is 29.7. The molecule has 0 spiro atoms. The maximum atomic E-state index is 13.1. The zero-order valence-corrected chi connectivity index (χ0v) is 19.9. The number of benzene rings is 2. The van der Waals surface area contributed by atoms with Gasteiger partial charge in [-0.3, -0.25) is 9.59 Å². The summed E-state index contributed by atoms with van der Waals surface area (Å²) in [6, 6.07) is 11.8. The summed E-state index contributed by atoms with van der Waals surface area (Å²) in [5.41, 5.74) is 2.14. The molecule has 1 fully saturated rings. The summed E-state index contributed by atoms with van der Waals surface area (Å²) < 4.78 is 10.8. The molecule has 1 heterocycles. The van der Waals surface area contributed by atoms with Crippen LogP contribution in [0.3, 0.4) is 0 Å². The monoisotopic (exact) mass is 452 g/mol. The van der Waals surface area contributed by atoms with Crippen molar-refractivity contribution in [2.45, 2.75) is 26.3 Å². The van der Waals surface area contributed by atoms with Gasteiger partial charge in [-0.15, -0.1) is 0 Å². The molecular weight excluding hydrogens is 420 g/mol. The first-order valence-corrected chi connectivity index (χ1v) is 11.1. The summed E-state index contributed by atoms with van der Waals surface area (Å²) >= 11 is 0. The van der Waals surface area contributed by atoms with E-state index < -0.39 is 17.7 Å². The van der Waals surface area contributed by atoms with E-state index in [1.807, 2.05) is 45.0 Å². The van der Waals surface area contributed by atoms with Gasteiger partial charge >= 0.3 is 0 Å². The second-order valence-corrected chi connectivity index (χ2v) is 8.34. The van der Waals surface area contributed by atoms with Crippen LogP contribution in [0.4, 0.5) is 0 Å². The molecule has 1 aliphatic heterocycles. The molecule has 2 aromatic rings. The normalized spacial score (nSPS) is 17.6. The number of Topliss-reactive ketones (excluding diaryl/α,β-unsaturated/α-hetero) is 1. The van der Waals surface area contributed by atoms with Gasteiger partial charge in [0.15, 0.2) is 0 Å². The molecule has 0 aliphatic carbocycles. The van der Waals surface area contributed by atoms with Crippen LogP contribution in [0, 0.1) is 6.92 Å². The van der Waals surface area contributed by atoms with Crippen LogP contribution in [0.15, 0.2) is 48.0 Å². The highest BCUT2D eigenvalue weighted by molar-refractivity contribution is 6.46. The molecule has 7 nitrogen and oxygen atoms in total. The number of carbonyl (C=O) groups is 2. The molecule has 176 valence electrons. The Labute approximate surface area is 195 Å². The Balaban J connectivity index is 2.08. The number of hydrogen-bond acceptors (Lipinski definition) is 6. The molecular formula is C26H32N2O5. The van der Waals surface area contributed by atoms with Crippen LogP contribution in [-0.2, 0) is 9.59 Å². The lowest BCUT2D eigenvalue weighted by molar-refractivity contribution is -0.139. The summed E-state index contributed by atoms with van der Waals surface area (Å²) in [6.07, 6.45) is 0.703. The largest absolute Gasteiger partial charge is 0.507 e. The number of aliphatic hydroxyl groups is 1. The molecule has 1 saturated heterocycles. The van der Waals surface area contributed by atoms with E-state index in [1.165, 1.54) is 0 Å². The number of hydrogen-bond donors (Lipinski definition) is 1. The van der Waals surface area contributed by atoms with Gasteiger partial charge in [0.05, 0.1) is 25.3 Å². The van der Waals surface area contributed by atoms with Crippen molar-refractivity contribution in [3.8, 4) is 11.5 Å². The lowest BCUT2D eigenvalue weighted by atomic mass is 9.94. The van der Waals surface area contributed by atoms with Gasteiger partial charge in [0, 0.05) is 12.1 Å². The highest BCUT2D eigenvalue weighted by atomic mass is 16.5. The lowest BCUT2D eigenvalue weighted by Gasteiger charge is -2.26. The van der Waals surface area contributed by atoms with Crippen LogP contribution in [-0.4, -0.2) is 67.5 Å². The van der Waals surface area contributed by atoms with E-state index in [9.17, 15) is 14.7 Å². The number of ether oxygens (including phenoxy) is 2. The summed E-state index contributed by atoms with van der Waals surface area (Å²) in [7, 11) is 5.50. The van der Waals surface area contributed by atoms with Crippen molar-refractivity contribution in [2.24, 2.45) is 0 Å². The second kappa shape index (κ2) is 10.5. The van der Waals surface area contributed by atoms with E-state index in [-0.39, 0.29) is 11.3 Å². The van der Waals surface area contributed by atoms with E-state index in [0.29, 0.717) is 36.6 Å². The molecule has 3 rings (SSSR count). The third-order valence-electron chi connectivity index (χ3n) is 5.72. The Morgan fingerprint density at radius 2 is 1.82 bits per heavy atom. The third-order valence-corrected chi connectivity index (χ3v) is 5.72. The second-order valence-electron chi connectivity index (χ2n) is 8.34. The van der Waals surface area contributed by atoms with Crippen LogP contribution >= 0.6 is 0 Å². The Bertz CT molecular complexity index is 1040. The number of likely N-dealkylation sites (tertiary alicyclic amines) is 1. The van der Waals surface area contributed by atoms with Crippen molar-refractivity contribution in [2.75, 3.05) is 40.9 Å². The Morgan fingerprint density at radius 3 is 2.39 bits per heavy atom. The predicted octanol–water partition coefficient (Wildman–Crippen LogP) is 3.78. The van der Waals surface area contributed by atoms with Crippen molar-refractivity contribution >= 4 is 17.4 Å². The molecule has 1 amide bonds. The molecule has 1 unspecified atom stereocenters. The van der Waals surface area contributed by atoms with Crippen molar-refractivity contribution in [1.29, 1.82) is 0 Å². The molecule has 0 radical (unpaired) electrons. The first-order valence-electron chi connectivity index (χ1n) is 11.1. The summed E-state index contributed by atoms with van der Waals surface area (Å²) in [6.45, 7) is 5.49. The molecule has 7 heteroatoms. The quantitative estimate of drug-likeness (QED) is 0.354. The van der Waals surface area contributed by atoms with E-state index in [1.54, 1.807) is 42.3 Å². The van der Waals surface area contributed by atoms with Gasteiger partial charge in [-0.25, -0.2) is 0 Å². The Morgan fingerprint density at radius 1 is 1.12 bits per heavy atom. The number of methoxy groups -OCH3 is 1. The zero-order valence-electron chi connectivity index (χ0n) is 19.9. The SMILES string of the molecule is CCOc1ccc(C(O)=C2C(=O)C(=O)N(CCCN(C)C)C2c2ccc(OC)cc2)cc1C. The molecule has 0 aromatic heterocycles. The van der Waals surface area contributed by atoms with Gasteiger partial charge in [0.1, 0.15) is 17.3 Å². The van der Waals surface area contributed by atoms with Crippen molar-refractivity contribution in [3.63, 3.8) is 0 Å². The van der Waals surface area contributed by atoms with Crippen LogP contribution in [0.1, 0.15) is 36.1 Å². The maximum absolute atomic E-state index is 13.1. The maximum Gasteiger partial charge on any atom is 0.295 e. The summed E-state index contributed by atoms with van der Waals surface area (Å²) in [5.74, 6) is -0.0748. The fourth-order valence-corrected chi connectivity index (χ4v) is 4.07. The van der Waals surface area contributed by atoms with Crippen LogP contribution in [0.25, 0.3) is 5.76 Å². The lowest BCUT2D eigenvalue weighted by Crippen LogP contribution is -2.32. The predicted molar refractivity (Wildman–Crippen MR) is 128 cm³/mol. The first kappa shape index (κ1) is 24.3. The standard InChI is InChI=1S/C26H32N2O5/c1-6-33-21-13-10-19(16-17(21)2)24(29)22-23(18-8-11-20(32-5)12-9-18)28(26(31)25(22)30)15-7-14-27(3)4/h8-13,16,23,29H,6-7,14-15H2,1-5H3. The van der Waals surface area contributed by atoms with E-state index >= 15 is 0 Å². The zero-order chi connectivity index (χ0) is 24.1. The van der Waals surface area contributed by atoms with Gasteiger partial charge in [-0.2, -0.15) is 0 Å².